The summed E-state index contributed by atoms with van der Waals surface area (Å²) in [5.74, 6) is -19.7. The van der Waals surface area contributed by atoms with E-state index in [4.69, 9.17) is 0 Å². The van der Waals surface area contributed by atoms with Gasteiger partial charge >= 0.3 is 58.9 Å². The molecule has 0 aliphatic carbocycles. The van der Waals surface area contributed by atoms with Crippen LogP contribution in [0.2, 0.25) is 0 Å². The van der Waals surface area contributed by atoms with Gasteiger partial charge in [0.25, 0.3) is 0 Å². The molecule has 0 heterocycles. The third-order valence-corrected chi connectivity index (χ3v) is 2.59. The monoisotopic (exact) mass is 701 g/mol. The summed E-state index contributed by atoms with van der Waals surface area (Å²) in [6, 6.07) is 0. The maximum atomic E-state index is 11.4. The zero-order valence-electron chi connectivity index (χ0n) is 16.8. The normalized spacial score (nSPS) is 10.6. The van der Waals surface area contributed by atoms with Crippen molar-refractivity contribution in [3.63, 3.8) is 0 Å². The smallest absolute Gasteiger partial charge is 0.542 e. The Morgan fingerprint density at radius 1 is 0.405 bits per heavy atom. The van der Waals surface area contributed by atoms with Crippen LogP contribution >= 0.6 is 0 Å². The Hall–Kier alpha value is -2.86. The number of carbonyl (C=O) groups is 9. The van der Waals surface area contributed by atoms with Crippen molar-refractivity contribution in [1.82, 2.24) is 0 Å². The first-order chi connectivity index (χ1) is 15.7. The summed E-state index contributed by atoms with van der Waals surface area (Å²) in [4.78, 5) is 88.6. The van der Waals surface area contributed by atoms with Gasteiger partial charge in [-0.2, -0.15) is 39.5 Å². The molecule has 0 aromatic rings. The van der Waals surface area contributed by atoms with Gasteiger partial charge in [0.05, 0.1) is 19.3 Å². The quantitative estimate of drug-likeness (QED) is 0.130. The summed E-state index contributed by atoms with van der Waals surface area (Å²) in [5.41, 5.74) is 0. The van der Waals surface area contributed by atoms with Gasteiger partial charge < -0.3 is 29.7 Å². The predicted molar refractivity (Wildman–Crippen MR) is 77.1 cm³/mol. The van der Waals surface area contributed by atoms with Gasteiger partial charge in [-0.15, -0.1) is 0 Å². The molecule has 0 spiro atoms. The standard InChI is InChI=1S/3C5H3F3O4.Sm/c3*6-5(7,8)3(10)1-2(9)4(11)12;/h3*1H2,(H,11,12);/q;;;+3/p-3. The van der Waals surface area contributed by atoms with E-state index in [0.29, 0.717) is 0 Å². The van der Waals surface area contributed by atoms with Gasteiger partial charge in [0.2, 0.25) is 17.3 Å². The number of aliphatic carboxylic acids is 3. The Kier molecular flexibility index (Phi) is 18.7. The number of ketones is 6. The van der Waals surface area contributed by atoms with Crippen molar-refractivity contribution in [2.45, 2.75) is 37.8 Å². The van der Waals surface area contributed by atoms with Crippen LogP contribution in [0.3, 0.4) is 0 Å². The second-order valence-corrected chi connectivity index (χ2v) is 5.43. The molecule has 0 N–H and O–H groups in total. The van der Waals surface area contributed by atoms with E-state index in [2.05, 4.69) is 0 Å². The molecule has 0 aliphatic rings. The molecule has 0 atom stereocenters. The molecule has 0 unspecified atom stereocenters. The first-order valence-electron chi connectivity index (χ1n) is 7.77. The number of halogens is 9. The number of Topliss-reactive ketones (excluding diaryl/α,β-unsaturated/α-hetero) is 6. The van der Waals surface area contributed by atoms with Crippen molar-refractivity contribution < 1.29 is 138 Å². The summed E-state index contributed by atoms with van der Waals surface area (Å²) in [6.07, 6.45) is -20.6. The van der Waals surface area contributed by atoms with E-state index < -0.39 is 90.4 Å². The first-order valence-corrected chi connectivity index (χ1v) is 7.77. The second-order valence-electron chi connectivity index (χ2n) is 5.43. The Morgan fingerprint density at radius 2 is 0.541 bits per heavy atom. The van der Waals surface area contributed by atoms with E-state index in [-0.39, 0.29) is 40.4 Å². The molecule has 0 fully saturated rings. The van der Waals surface area contributed by atoms with Crippen LogP contribution in [-0.2, 0) is 43.2 Å². The Morgan fingerprint density at radius 3 is 0.622 bits per heavy atom. The number of alkyl halides is 9. The molecule has 1 radical (unpaired) electrons. The summed E-state index contributed by atoms with van der Waals surface area (Å²) in [5, 5.41) is 28.7. The third kappa shape index (κ3) is 21.0. The average Bonchev–Trinajstić information content (AvgIpc) is 2.66. The average molecular weight is 700 g/mol. The van der Waals surface area contributed by atoms with Crippen LogP contribution in [0.25, 0.3) is 0 Å². The minimum absolute atomic E-state index is 0. The predicted octanol–water partition coefficient (Wildman–Crippen LogP) is -3.52. The molecule has 0 saturated heterocycles. The summed E-state index contributed by atoms with van der Waals surface area (Å²) in [6.45, 7) is 0. The van der Waals surface area contributed by atoms with Gasteiger partial charge in [-0.1, -0.05) is 0 Å². The minimum atomic E-state index is -5.18. The van der Waals surface area contributed by atoms with Gasteiger partial charge in [0.1, 0.15) is 17.9 Å². The molecule has 0 saturated carbocycles. The van der Waals surface area contributed by atoms with Crippen LogP contribution in [0.5, 0.6) is 0 Å². The van der Waals surface area contributed by atoms with Crippen LogP contribution in [0, 0.1) is 40.4 Å². The van der Waals surface area contributed by atoms with Crippen LogP contribution < -0.4 is 15.3 Å². The number of carboxylic acid groups (broad SMARTS) is 3. The molecule has 0 aromatic carbocycles. The van der Waals surface area contributed by atoms with Crippen LogP contribution in [-0.4, -0.2) is 71.1 Å². The van der Waals surface area contributed by atoms with Crippen molar-refractivity contribution >= 4 is 52.6 Å². The van der Waals surface area contributed by atoms with Crippen molar-refractivity contribution in [1.29, 1.82) is 0 Å². The molecule has 0 rings (SSSR count). The van der Waals surface area contributed by atoms with E-state index in [1.165, 1.54) is 0 Å². The van der Waals surface area contributed by atoms with E-state index in [1.807, 2.05) is 0 Å². The molecule has 0 amide bonds. The third-order valence-electron chi connectivity index (χ3n) is 2.59. The van der Waals surface area contributed by atoms with Crippen molar-refractivity contribution in [3.05, 3.63) is 0 Å². The van der Waals surface area contributed by atoms with Gasteiger partial charge in [0, 0.05) is 0 Å². The second kappa shape index (κ2) is 16.8. The van der Waals surface area contributed by atoms with Crippen molar-refractivity contribution in [3.8, 4) is 0 Å². The fourth-order valence-electron chi connectivity index (χ4n) is 0.955. The summed E-state index contributed by atoms with van der Waals surface area (Å²) in [7, 11) is 0. The van der Waals surface area contributed by atoms with Gasteiger partial charge in [-0.05, 0) is 0 Å². The Labute approximate surface area is 228 Å². The maximum absolute atomic E-state index is 11.4. The fourth-order valence-corrected chi connectivity index (χ4v) is 0.955. The number of carbonyl (C=O) groups excluding carboxylic acids is 9. The van der Waals surface area contributed by atoms with E-state index in [1.54, 1.807) is 0 Å². The van der Waals surface area contributed by atoms with E-state index in [9.17, 15) is 98.0 Å². The van der Waals surface area contributed by atoms with Crippen LogP contribution in [0.15, 0.2) is 0 Å². The topological polar surface area (TPSA) is 223 Å². The molecule has 207 valence electrons. The fraction of sp³-hybridized carbons (Fsp3) is 0.400. The van der Waals surface area contributed by atoms with Crippen LogP contribution in [0.1, 0.15) is 19.3 Å². The molecule has 12 nitrogen and oxygen atoms in total. The van der Waals surface area contributed by atoms with Crippen molar-refractivity contribution in [2.75, 3.05) is 0 Å². The van der Waals surface area contributed by atoms with E-state index in [0.717, 1.165) is 0 Å². The van der Waals surface area contributed by atoms with Gasteiger partial charge in [-0.3, -0.25) is 28.8 Å². The molecule has 0 aliphatic heterocycles. The Bertz CT molecular complexity index is 814. The van der Waals surface area contributed by atoms with Crippen LogP contribution in [0.4, 0.5) is 39.5 Å². The summed E-state index contributed by atoms with van der Waals surface area (Å²) >= 11 is 0. The Balaban J connectivity index is -0.000000218. The molecular weight excluding hydrogens is 693 g/mol. The van der Waals surface area contributed by atoms with E-state index >= 15 is 0 Å². The van der Waals surface area contributed by atoms with Crippen molar-refractivity contribution in [2.24, 2.45) is 0 Å². The number of carboxylic acids is 3. The number of rotatable bonds is 9. The minimum Gasteiger partial charge on any atom is -0.542 e. The zero-order valence-corrected chi connectivity index (χ0v) is 19.4. The molecule has 0 aromatic heterocycles. The number of hydrogen-bond donors (Lipinski definition) is 0. The summed E-state index contributed by atoms with van der Waals surface area (Å²) < 4.78 is 102. The number of hydrogen-bond acceptors (Lipinski definition) is 12. The molecular formula is C15H6F9O12Sm. The first kappa shape index (κ1) is 41.3. The largest absolute Gasteiger partial charge is 3.00 e. The van der Waals surface area contributed by atoms with Gasteiger partial charge in [0.15, 0.2) is 17.3 Å². The maximum Gasteiger partial charge on any atom is 3.00 e. The molecule has 37 heavy (non-hydrogen) atoms. The molecule has 22 heteroatoms. The zero-order chi connectivity index (χ0) is 29.8. The molecule has 0 bridgehead atoms. The SMILES string of the molecule is O=C([O-])C(=O)CC(=O)C(F)(F)F.O=C([O-])C(=O)CC(=O)C(F)(F)F.O=C([O-])C(=O)CC(=O)C(F)(F)F.[Sm+3]. The van der Waals surface area contributed by atoms with Gasteiger partial charge in [-0.25, -0.2) is 0 Å².